The molecule has 1 N–H and O–H groups in total. The zero-order valence-electron chi connectivity index (χ0n) is 11.6. The molecule has 3 nitrogen and oxygen atoms in total. The molecule has 0 aliphatic carbocycles. The second-order valence-corrected chi connectivity index (χ2v) is 5.17. The zero-order valence-corrected chi connectivity index (χ0v) is 11.6. The second-order valence-electron chi connectivity index (χ2n) is 5.17. The van der Waals surface area contributed by atoms with E-state index in [9.17, 15) is 0 Å². The van der Waals surface area contributed by atoms with E-state index in [-0.39, 0.29) is 0 Å². The Bertz CT molecular complexity index is 291. The predicted octanol–water partition coefficient (Wildman–Crippen LogP) is 2.86. The van der Waals surface area contributed by atoms with E-state index in [1.54, 1.807) is 0 Å². The summed E-state index contributed by atoms with van der Waals surface area (Å²) in [6.45, 7) is 9.98. The van der Waals surface area contributed by atoms with Crippen LogP contribution in [0.25, 0.3) is 0 Å². The quantitative estimate of drug-likeness (QED) is 0.669. The van der Waals surface area contributed by atoms with E-state index in [0.29, 0.717) is 0 Å². The minimum absolute atomic E-state index is 0.752. The van der Waals surface area contributed by atoms with Gasteiger partial charge in [0.05, 0.1) is 6.20 Å². The Labute approximate surface area is 106 Å². The fraction of sp³-hybridized carbons (Fsp3) is 0.786. The van der Waals surface area contributed by atoms with Crippen molar-refractivity contribution in [3.8, 4) is 0 Å². The third-order valence-electron chi connectivity index (χ3n) is 2.76. The number of rotatable bonds is 9. The van der Waals surface area contributed by atoms with Gasteiger partial charge >= 0.3 is 0 Å². The van der Waals surface area contributed by atoms with Crippen molar-refractivity contribution in [3.05, 3.63) is 18.0 Å². The summed E-state index contributed by atoms with van der Waals surface area (Å²) in [4.78, 5) is 0. The molecule has 0 saturated carbocycles. The van der Waals surface area contributed by atoms with Crippen LogP contribution in [0.3, 0.4) is 0 Å². The molecule has 98 valence electrons. The average molecular weight is 237 g/mol. The molecule has 1 heterocycles. The van der Waals surface area contributed by atoms with Crippen LogP contribution in [0, 0.1) is 5.92 Å². The molecule has 0 aromatic carbocycles. The van der Waals surface area contributed by atoms with Crippen LogP contribution in [0.5, 0.6) is 0 Å². The lowest BCUT2D eigenvalue weighted by Crippen LogP contribution is -2.20. The van der Waals surface area contributed by atoms with Crippen molar-refractivity contribution in [2.24, 2.45) is 5.92 Å². The van der Waals surface area contributed by atoms with Crippen molar-refractivity contribution in [1.82, 2.24) is 15.1 Å². The number of aromatic nitrogens is 2. The largest absolute Gasteiger partial charge is 0.316 e. The lowest BCUT2D eigenvalue weighted by atomic mass is 10.1. The molecule has 1 aromatic heterocycles. The first kappa shape index (κ1) is 14.2. The van der Waals surface area contributed by atoms with Gasteiger partial charge in [-0.1, -0.05) is 20.8 Å². The molecule has 0 saturated heterocycles. The Hall–Kier alpha value is -0.830. The first-order valence-corrected chi connectivity index (χ1v) is 6.94. The van der Waals surface area contributed by atoms with E-state index in [0.717, 1.165) is 38.4 Å². The first-order chi connectivity index (χ1) is 8.22. The molecule has 0 unspecified atom stereocenters. The third kappa shape index (κ3) is 6.47. The highest BCUT2D eigenvalue weighted by molar-refractivity contribution is 5.03. The smallest absolute Gasteiger partial charge is 0.0521 e. The lowest BCUT2D eigenvalue weighted by molar-refractivity contribution is 0.535. The van der Waals surface area contributed by atoms with E-state index in [4.69, 9.17) is 0 Å². The summed E-state index contributed by atoms with van der Waals surface area (Å²) in [7, 11) is 0. The van der Waals surface area contributed by atoms with Crippen molar-refractivity contribution < 1.29 is 0 Å². The standard InChI is InChI=1S/C14H27N3/c1-4-9-17-12-14(11-16-17)7-5-6-8-15-10-13(2)3/h11-13,15H,4-10H2,1-3H3. The topological polar surface area (TPSA) is 29.9 Å². The summed E-state index contributed by atoms with van der Waals surface area (Å²) >= 11 is 0. The third-order valence-corrected chi connectivity index (χ3v) is 2.76. The minimum atomic E-state index is 0.752. The molecule has 0 radical (unpaired) electrons. The molecule has 1 aromatic rings. The van der Waals surface area contributed by atoms with Crippen LogP contribution in [0.15, 0.2) is 12.4 Å². The Morgan fingerprint density at radius 2 is 2.18 bits per heavy atom. The van der Waals surface area contributed by atoms with Crippen LogP contribution < -0.4 is 5.32 Å². The molecule has 0 aliphatic rings. The fourth-order valence-electron chi connectivity index (χ4n) is 1.86. The number of unbranched alkanes of at least 4 members (excludes halogenated alkanes) is 1. The highest BCUT2D eigenvalue weighted by Gasteiger charge is 1.98. The maximum absolute atomic E-state index is 4.35. The summed E-state index contributed by atoms with van der Waals surface area (Å²) < 4.78 is 2.05. The van der Waals surface area contributed by atoms with Crippen LogP contribution in [0.1, 0.15) is 45.6 Å². The molecule has 0 amide bonds. The van der Waals surface area contributed by atoms with Crippen molar-refractivity contribution in [3.63, 3.8) is 0 Å². The normalized spacial score (nSPS) is 11.3. The molecule has 0 atom stereocenters. The first-order valence-electron chi connectivity index (χ1n) is 6.94. The summed E-state index contributed by atoms with van der Waals surface area (Å²) in [5.41, 5.74) is 1.38. The van der Waals surface area contributed by atoms with E-state index < -0.39 is 0 Å². The molecule has 0 bridgehead atoms. The maximum Gasteiger partial charge on any atom is 0.0521 e. The molecule has 0 aliphatic heterocycles. The number of aryl methyl sites for hydroxylation is 2. The molecule has 17 heavy (non-hydrogen) atoms. The van der Waals surface area contributed by atoms with Crippen molar-refractivity contribution in [2.75, 3.05) is 13.1 Å². The number of nitrogens with one attached hydrogen (secondary N) is 1. The minimum Gasteiger partial charge on any atom is -0.316 e. The van der Waals surface area contributed by atoms with Gasteiger partial charge in [0, 0.05) is 12.7 Å². The maximum atomic E-state index is 4.35. The van der Waals surface area contributed by atoms with E-state index >= 15 is 0 Å². The Balaban J connectivity index is 2.05. The monoisotopic (exact) mass is 237 g/mol. The van der Waals surface area contributed by atoms with Gasteiger partial charge in [-0.25, -0.2) is 0 Å². The van der Waals surface area contributed by atoms with Gasteiger partial charge in [0.2, 0.25) is 0 Å². The van der Waals surface area contributed by atoms with Crippen LogP contribution in [0.4, 0.5) is 0 Å². The van der Waals surface area contributed by atoms with Crippen LogP contribution in [0.2, 0.25) is 0 Å². The van der Waals surface area contributed by atoms with Crippen LogP contribution in [-0.2, 0) is 13.0 Å². The van der Waals surface area contributed by atoms with Gasteiger partial charge in [0.25, 0.3) is 0 Å². The average Bonchev–Trinajstić information content (AvgIpc) is 2.71. The van der Waals surface area contributed by atoms with Gasteiger partial charge in [0.1, 0.15) is 0 Å². The predicted molar refractivity (Wildman–Crippen MR) is 73.2 cm³/mol. The number of nitrogens with zero attached hydrogens (tertiary/aromatic N) is 2. The van der Waals surface area contributed by atoms with Gasteiger partial charge in [0.15, 0.2) is 0 Å². The second kappa shape index (κ2) is 8.29. The zero-order chi connectivity index (χ0) is 12.5. The number of hydrogen-bond acceptors (Lipinski definition) is 2. The van der Waals surface area contributed by atoms with E-state index in [1.807, 2.05) is 10.9 Å². The van der Waals surface area contributed by atoms with Crippen LogP contribution in [-0.4, -0.2) is 22.9 Å². The van der Waals surface area contributed by atoms with Gasteiger partial charge < -0.3 is 5.32 Å². The van der Waals surface area contributed by atoms with Crippen molar-refractivity contribution >= 4 is 0 Å². The van der Waals surface area contributed by atoms with E-state index in [2.05, 4.69) is 37.4 Å². The van der Waals surface area contributed by atoms with Gasteiger partial charge in [-0.05, 0) is 50.3 Å². The lowest BCUT2D eigenvalue weighted by Gasteiger charge is -2.06. The fourth-order valence-corrected chi connectivity index (χ4v) is 1.86. The highest BCUT2D eigenvalue weighted by atomic mass is 15.3. The molecule has 1 rings (SSSR count). The molecule has 0 spiro atoms. The molecule has 3 heteroatoms. The SMILES string of the molecule is CCCn1cc(CCCCNCC(C)C)cn1. The van der Waals surface area contributed by atoms with Crippen molar-refractivity contribution in [1.29, 1.82) is 0 Å². The number of hydrogen-bond donors (Lipinski definition) is 1. The highest BCUT2D eigenvalue weighted by Crippen LogP contribution is 2.04. The summed E-state index contributed by atoms with van der Waals surface area (Å²) in [5.74, 6) is 0.752. The molecular formula is C14H27N3. The van der Waals surface area contributed by atoms with Gasteiger partial charge in [-0.15, -0.1) is 0 Å². The molecular weight excluding hydrogens is 210 g/mol. The molecule has 0 fully saturated rings. The van der Waals surface area contributed by atoms with Gasteiger partial charge in [-0.3, -0.25) is 4.68 Å². The summed E-state index contributed by atoms with van der Waals surface area (Å²) in [6.07, 6.45) is 9.02. The Morgan fingerprint density at radius 3 is 2.88 bits per heavy atom. The Morgan fingerprint density at radius 1 is 1.35 bits per heavy atom. The summed E-state index contributed by atoms with van der Waals surface area (Å²) in [5, 5.41) is 7.82. The van der Waals surface area contributed by atoms with E-state index in [1.165, 1.54) is 18.4 Å². The Kier molecular flexibility index (Phi) is 6.94. The van der Waals surface area contributed by atoms with Crippen LogP contribution >= 0.6 is 0 Å². The van der Waals surface area contributed by atoms with Crippen molar-refractivity contribution in [2.45, 2.75) is 53.0 Å². The summed E-state index contributed by atoms with van der Waals surface area (Å²) in [6, 6.07) is 0. The van der Waals surface area contributed by atoms with Gasteiger partial charge in [-0.2, -0.15) is 5.10 Å².